The van der Waals surface area contributed by atoms with Crippen LogP contribution < -0.4 is 10.5 Å². The second kappa shape index (κ2) is 5.16. The summed E-state index contributed by atoms with van der Waals surface area (Å²) in [5.41, 5.74) is 5.49. The Bertz CT molecular complexity index is 553. The monoisotopic (exact) mass is 300 g/mol. The molecule has 4 nitrogen and oxygen atoms in total. The van der Waals surface area contributed by atoms with Crippen LogP contribution in [0.5, 0.6) is 0 Å². The molecule has 3 unspecified atom stereocenters. The lowest BCUT2D eigenvalue weighted by atomic mass is 9.96. The van der Waals surface area contributed by atoms with Crippen LogP contribution in [0.15, 0.2) is 16.3 Å². The van der Waals surface area contributed by atoms with E-state index in [0.717, 1.165) is 23.6 Å². The van der Waals surface area contributed by atoms with E-state index >= 15 is 0 Å². The smallest absolute Gasteiger partial charge is 0.250 e. The first-order chi connectivity index (χ1) is 9.08. The van der Waals surface area contributed by atoms with Crippen molar-refractivity contribution in [1.82, 2.24) is 4.72 Å². The van der Waals surface area contributed by atoms with Crippen molar-refractivity contribution in [2.75, 3.05) is 6.54 Å². The molecule has 1 aromatic heterocycles. The van der Waals surface area contributed by atoms with Gasteiger partial charge < -0.3 is 5.73 Å². The molecular formula is C13H20N2O2S2. The Morgan fingerprint density at radius 1 is 1.32 bits per heavy atom. The third-order valence-corrected chi connectivity index (χ3v) is 7.46. The summed E-state index contributed by atoms with van der Waals surface area (Å²) in [7, 11) is -3.34. The Morgan fingerprint density at radius 2 is 2.16 bits per heavy atom. The van der Waals surface area contributed by atoms with Crippen LogP contribution in [0.1, 0.15) is 30.6 Å². The van der Waals surface area contributed by atoms with E-state index in [0.29, 0.717) is 16.7 Å². The van der Waals surface area contributed by atoms with E-state index in [2.05, 4.69) is 4.72 Å². The van der Waals surface area contributed by atoms with Gasteiger partial charge in [0.25, 0.3) is 0 Å². The topological polar surface area (TPSA) is 72.2 Å². The Labute approximate surface area is 118 Å². The molecule has 19 heavy (non-hydrogen) atoms. The summed E-state index contributed by atoms with van der Waals surface area (Å²) in [5.74, 6) is 1.30. The summed E-state index contributed by atoms with van der Waals surface area (Å²) in [6.45, 7) is 0.555. The molecule has 0 aromatic carbocycles. The number of rotatable bonds is 5. The van der Waals surface area contributed by atoms with Gasteiger partial charge >= 0.3 is 0 Å². The first-order valence-electron chi connectivity index (χ1n) is 6.89. The second-order valence-electron chi connectivity index (χ2n) is 5.66. The van der Waals surface area contributed by atoms with E-state index in [1.807, 2.05) is 6.07 Å². The number of hydrogen-bond donors (Lipinski definition) is 2. The molecule has 3 N–H and O–H groups in total. The van der Waals surface area contributed by atoms with Crippen molar-refractivity contribution in [2.45, 2.75) is 42.4 Å². The van der Waals surface area contributed by atoms with Crippen LogP contribution in [0.4, 0.5) is 0 Å². The van der Waals surface area contributed by atoms with Gasteiger partial charge in [0.15, 0.2) is 0 Å². The molecule has 1 aromatic rings. The third-order valence-electron chi connectivity index (χ3n) is 4.34. The van der Waals surface area contributed by atoms with Crippen molar-refractivity contribution in [3.63, 3.8) is 0 Å². The van der Waals surface area contributed by atoms with Crippen LogP contribution in [0.25, 0.3) is 0 Å². The average Bonchev–Trinajstić information content (AvgIpc) is 3.03. The van der Waals surface area contributed by atoms with Gasteiger partial charge in [0.1, 0.15) is 4.21 Å². The maximum absolute atomic E-state index is 12.4. The van der Waals surface area contributed by atoms with Crippen molar-refractivity contribution in [3.05, 3.63) is 17.0 Å². The van der Waals surface area contributed by atoms with Crippen LogP contribution in [0.2, 0.25) is 0 Å². The van der Waals surface area contributed by atoms with Gasteiger partial charge in [-0.1, -0.05) is 6.42 Å². The predicted octanol–water partition coefficient (Wildman–Crippen LogP) is 1.72. The number of sulfonamides is 1. The second-order valence-corrected chi connectivity index (χ2v) is 8.77. The van der Waals surface area contributed by atoms with Gasteiger partial charge in [0, 0.05) is 10.9 Å². The van der Waals surface area contributed by atoms with Crippen LogP contribution in [-0.4, -0.2) is 21.0 Å². The molecule has 0 spiro atoms. The highest BCUT2D eigenvalue weighted by Gasteiger charge is 2.41. The third kappa shape index (κ3) is 2.72. The Balaban J connectivity index is 1.71. The van der Waals surface area contributed by atoms with Crippen LogP contribution >= 0.6 is 11.3 Å². The zero-order valence-electron chi connectivity index (χ0n) is 10.8. The van der Waals surface area contributed by atoms with Gasteiger partial charge in [-0.2, -0.15) is 0 Å². The molecule has 3 rings (SSSR count). The fraction of sp³-hybridized carbons (Fsp3) is 0.692. The van der Waals surface area contributed by atoms with Gasteiger partial charge in [-0.3, -0.25) is 0 Å². The van der Waals surface area contributed by atoms with Gasteiger partial charge in [0.2, 0.25) is 10.0 Å². The quantitative estimate of drug-likeness (QED) is 0.869. The van der Waals surface area contributed by atoms with E-state index in [4.69, 9.17) is 5.73 Å². The lowest BCUT2D eigenvalue weighted by Gasteiger charge is -2.22. The summed E-state index contributed by atoms with van der Waals surface area (Å²) in [5, 5.41) is 0. The van der Waals surface area contributed by atoms with Crippen molar-refractivity contribution >= 4 is 21.4 Å². The van der Waals surface area contributed by atoms with Crippen molar-refractivity contribution in [2.24, 2.45) is 17.6 Å². The molecule has 3 atom stereocenters. The van der Waals surface area contributed by atoms with E-state index in [1.165, 1.54) is 30.6 Å². The highest BCUT2D eigenvalue weighted by atomic mass is 32.2. The summed E-state index contributed by atoms with van der Waals surface area (Å²) >= 11 is 1.34. The predicted molar refractivity (Wildman–Crippen MR) is 76.6 cm³/mol. The summed E-state index contributed by atoms with van der Waals surface area (Å²) in [4.78, 5) is 1.04. The van der Waals surface area contributed by atoms with E-state index in [1.54, 1.807) is 6.07 Å². The summed E-state index contributed by atoms with van der Waals surface area (Å²) in [6, 6.07) is 3.72. The summed E-state index contributed by atoms with van der Waals surface area (Å²) < 4.78 is 28.0. The maximum Gasteiger partial charge on any atom is 0.250 e. The van der Waals surface area contributed by atoms with Gasteiger partial charge in [0.05, 0.1) is 0 Å². The first-order valence-corrected chi connectivity index (χ1v) is 9.19. The average molecular weight is 300 g/mol. The lowest BCUT2D eigenvalue weighted by Crippen LogP contribution is -2.38. The molecule has 6 heteroatoms. The molecule has 106 valence electrons. The number of nitrogens with two attached hydrogens (primary N) is 1. The Kier molecular flexibility index (Phi) is 3.68. The van der Waals surface area contributed by atoms with Crippen LogP contribution in [0, 0.1) is 11.8 Å². The van der Waals surface area contributed by atoms with Gasteiger partial charge in [-0.05, 0) is 56.2 Å². The maximum atomic E-state index is 12.4. The van der Waals surface area contributed by atoms with Crippen LogP contribution in [0.3, 0.4) is 0 Å². The van der Waals surface area contributed by atoms with Crippen LogP contribution in [-0.2, 0) is 16.4 Å². The molecule has 0 amide bonds. The Hall–Kier alpha value is -0.430. The van der Waals surface area contributed by atoms with E-state index in [9.17, 15) is 8.42 Å². The lowest BCUT2D eigenvalue weighted by molar-refractivity contribution is 0.390. The summed E-state index contributed by atoms with van der Waals surface area (Å²) in [6.07, 6.45) is 5.43. The molecule has 1 heterocycles. The number of thiophene rings is 1. The van der Waals surface area contributed by atoms with Crippen molar-refractivity contribution in [1.29, 1.82) is 0 Å². The van der Waals surface area contributed by atoms with E-state index < -0.39 is 10.0 Å². The largest absolute Gasteiger partial charge is 0.330 e. The minimum atomic E-state index is -3.34. The van der Waals surface area contributed by atoms with Gasteiger partial charge in [-0.25, -0.2) is 13.1 Å². The number of hydrogen-bond acceptors (Lipinski definition) is 4. The molecule has 0 radical (unpaired) electrons. The fourth-order valence-corrected chi connectivity index (χ4v) is 6.13. The fourth-order valence-electron chi connectivity index (χ4n) is 3.43. The number of nitrogens with one attached hydrogen (secondary N) is 1. The van der Waals surface area contributed by atoms with E-state index in [-0.39, 0.29) is 6.04 Å². The van der Waals surface area contributed by atoms with Crippen molar-refractivity contribution < 1.29 is 8.42 Å². The highest BCUT2D eigenvalue weighted by Crippen LogP contribution is 2.44. The highest BCUT2D eigenvalue weighted by molar-refractivity contribution is 7.91. The molecule has 0 aliphatic heterocycles. The Morgan fingerprint density at radius 3 is 2.79 bits per heavy atom. The first kappa shape index (κ1) is 13.5. The zero-order chi connectivity index (χ0) is 13.5. The van der Waals surface area contributed by atoms with Gasteiger partial charge in [-0.15, -0.1) is 11.3 Å². The molecule has 0 saturated heterocycles. The molecular weight excluding hydrogens is 280 g/mol. The molecule has 2 bridgehead atoms. The molecule has 2 saturated carbocycles. The number of fused-ring (bicyclic) bond motifs is 2. The molecule has 2 aliphatic rings. The minimum absolute atomic E-state index is 0.156. The standard InChI is InChI=1S/C13H20N2O2S2/c14-6-5-11-3-4-13(18-11)19(16,17)15-12-8-9-1-2-10(12)7-9/h3-4,9-10,12,15H,1-2,5-8,14H2. The normalized spacial score (nSPS) is 30.1. The SMILES string of the molecule is NCCc1ccc(S(=O)(=O)NC2CC3CCC2C3)s1. The minimum Gasteiger partial charge on any atom is -0.330 e. The zero-order valence-corrected chi connectivity index (χ0v) is 12.5. The molecule has 2 aliphatic carbocycles. The molecule has 2 fully saturated rings. The van der Waals surface area contributed by atoms with Crippen molar-refractivity contribution in [3.8, 4) is 0 Å².